The van der Waals surface area contributed by atoms with E-state index in [0.29, 0.717) is 5.02 Å². The highest BCUT2D eigenvalue weighted by Crippen LogP contribution is 2.21. The third-order valence-electron chi connectivity index (χ3n) is 4.49. The first-order chi connectivity index (χ1) is 11.8. The van der Waals surface area contributed by atoms with Crippen LogP contribution in [0.5, 0.6) is 0 Å². The van der Waals surface area contributed by atoms with E-state index in [2.05, 4.69) is 10.0 Å². The van der Waals surface area contributed by atoms with Crippen molar-refractivity contribution in [2.75, 3.05) is 6.26 Å². The maximum atomic E-state index is 12.5. The van der Waals surface area contributed by atoms with Gasteiger partial charge in [0.25, 0.3) is 0 Å². The number of carbonyl (C=O) groups is 1. The minimum atomic E-state index is -3.43. The van der Waals surface area contributed by atoms with Gasteiger partial charge in [0.15, 0.2) is 0 Å². The third kappa shape index (κ3) is 7.75. The van der Waals surface area contributed by atoms with Gasteiger partial charge in [-0.15, -0.1) is 0 Å². The van der Waals surface area contributed by atoms with Crippen LogP contribution < -0.4 is 10.0 Å². The Hall–Kier alpha value is -1.11. The summed E-state index contributed by atoms with van der Waals surface area (Å²) in [5.74, 6) is -0.123. The molecule has 0 unspecified atom stereocenters. The van der Waals surface area contributed by atoms with Gasteiger partial charge in [-0.3, -0.25) is 4.79 Å². The predicted octanol–water partition coefficient (Wildman–Crippen LogP) is 3.55. The summed E-state index contributed by atoms with van der Waals surface area (Å²) in [5, 5.41) is 3.65. The molecule has 1 aromatic carbocycles. The van der Waals surface area contributed by atoms with Crippen molar-refractivity contribution >= 4 is 27.5 Å². The van der Waals surface area contributed by atoms with Gasteiger partial charge in [-0.2, -0.15) is 0 Å². The fraction of sp³-hybridized carbons (Fsp3) is 0.611. The molecule has 7 heteroatoms. The number of sulfonamides is 1. The molecule has 0 saturated heterocycles. The van der Waals surface area contributed by atoms with E-state index < -0.39 is 16.1 Å². The van der Waals surface area contributed by atoms with Gasteiger partial charge in [-0.1, -0.05) is 55.8 Å². The molecule has 0 aromatic heterocycles. The molecule has 0 bridgehead atoms. The van der Waals surface area contributed by atoms with E-state index >= 15 is 0 Å². The molecular formula is C18H27ClN2O3S. The van der Waals surface area contributed by atoms with Gasteiger partial charge in [0, 0.05) is 17.5 Å². The summed E-state index contributed by atoms with van der Waals surface area (Å²) in [6.45, 7) is 0. The number of hydrogen-bond donors (Lipinski definition) is 2. The third-order valence-corrected chi connectivity index (χ3v) is 5.45. The number of benzene rings is 1. The Morgan fingerprint density at radius 3 is 2.24 bits per heavy atom. The minimum absolute atomic E-state index is 0.0746. The highest BCUT2D eigenvalue weighted by Gasteiger charge is 2.22. The van der Waals surface area contributed by atoms with Crippen LogP contribution in [0.1, 0.15) is 63.0 Å². The minimum Gasteiger partial charge on any atom is -0.353 e. The highest BCUT2D eigenvalue weighted by molar-refractivity contribution is 7.88. The first-order valence-corrected chi connectivity index (χ1v) is 11.1. The molecule has 1 aromatic rings. The molecule has 140 valence electrons. The lowest BCUT2D eigenvalue weighted by molar-refractivity contribution is -0.122. The van der Waals surface area contributed by atoms with Crippen LogP contribution in [0.2, 0.25) is 5.02 Å². The fourth-order valence-corrected chi connectivity index (χ4v) is 4.12. The molecule has 1 fully saturated rings. The van der Waals surface area contributed by atoms with E-state index in [-0.39, 0.29) is 18.4 Å². The topological polar surface area (TPSA) is 75.3 Å². The summed E-state index contributed by atoms with van der Waals surface area (Å²) in [4.78, 5) is 12.5. The van der Waals surface area contributed by atoms with Gasteiger partial charge in [0.2, 0.25) is 15.9 Å². The van der Waals surface area contributed by atoms with Gasteiger partial charge in [0.05, 0.1) is 12.3 Å². The Labute approximate surface area is 155 Å². The quantitative estimate of drug-likeness (QED) is 0.784. The van der Waals surface area contributed by atoms with Crippen LogP contribution in [-0.4, -0.2) is 26.6 Å². The lowest BCUT2D eigenvalue weighted by Gasteiger charge is -2.23. The second-order valence-electron chi connectivity index (χ2n) is 6.81. The zero-order valence-corrected chi connectivity index (χ0v) is 16.2. The monoisotopic (exact) mass is 386 g/mol. The Morgan fingerprint density at radius 2 is 1.68 bits per heavy atom. The van der Waals surface area contributed by atoms with Crippen LogP contribution in [-0.2, 0) is 14.8 Å². The summed E-state index contributed by atoms with van der Waals surface area (Å²) in [5.41, 5.74) is 0.725. The Kier molecular flexibility index (Phi) is 7.72. The standard InChI is InChI=1S/C18H27ClN2O3S/c1-25(23,24)21-17(14-9-11-15(19)12-10-14)13-18(22)20-16-7-5-3-2-4-6-8-16/h9-12,16-17,21H,2-8,13H2,1H3,(H,20,22)/t17-/m1/s1. The van der Waals surface area contributed by atoms with Crippen LogP contribution in [0.25, 0.3) is 0 Å². The zero-order chi connectivity index (χ0) is 18.3. The Bertz CT molecular complexity index is 653. The summed E-state index contributed by atoms with van der Waals surface area (Å²) < 4.78 is 25.9. The van der Waals surface area contributed by atoms with Crippen LogP contribution >= 0.6 is 11.6 Å². The lowest BCUT2D eigenvalue weighted by Crippen LogP contribution is -2.38. The van der Waals surface area contributed by atoms with Crippen molar-refractivity contribution in [1.82, 2.24) is 10.0 Å². The highest BCUT2D eigenvalue weighted by atomic mass is 35.5. The maximum absolute atomic E-state index is 12.5. The summed E-state index contributed by atoms with van der Waals surface area (Å²) in [6, 6.07) is 6.47. The number of nitrogens with one attached hydrogen (secondary N) is 2. The number of rotatable bonds is 6. The molecular weight excluding hydrogens is 360 g/mol. The van der Waals surface area contributed by atoms with Crippen molar-refractivity contribution in [3.05, 3.63) is 34.9 Å². The SMILES string of the molecule is CS(=O)(=O)N[C@H](CC(=O)NC1CCCCCCC1)c1ccc(Cl)cc1. The molecule has 0 radical (unpaired) electrons. The van der Waals surface area contributed by atoms with Crippen molar-refractivity contribution < 1.29 is 13.2 Å². The van der Waals surface area contributed by atoms with Gasteiger partial charge in [0.1, 0.15) is 0 Å². The Balaban J connectivity index is 2.01. The Morgan fingerprint density at radius 1 is 1.12 bits per heavy atom. The van der Waals surface area contributed by atoms with Gasteiger partial charge in [-0.25, -0.2) is 13.1 Å². The summed E-state index contributed by atoms with van der Waals surface area (Å²) >= 11 is 5.89. The number of halogens is 1. The molecule has 5 nitrogen and oxygen atoms in total. The van der Waals surface area contributed by atoms with E-state index in [1.807, 2.05) is 0 Å². The first-order valence-electron chi connectivity index (χ1n) is 8.85. The number of carbonyl (C=O) groups excluding carboxylic acids is 1. The molecule has 2 N–H and O–H groups in total. The molecule has 1 amide bonds. The molecule has 25 heavy (non-hydrogen) atoms. The second kappa shape index (κ2) is 9.55. The molecule has 0 heterocycles. The van der Waals surface area contributed by atoms with Crippen molar-refractivity contribution in [1.29, 1.82) is 0 Å². The molecule has 0 aliphatic heterocycles. The van der Waals surface area contributed by atoms with Crippen LogP contribution in [0, 0.1) is 0 Å². The molecule has 1 saturated carbocycles. The van der Waals surface area contributed by atoms with E-state index in [9.17, 15) is 13.2 Å². The van der Waals surface area contributed by atoms with Crippen molar-refractivity contribution in [3.63, 3.8) is 0 Å². The normalized spacial score (nSPS) is 18.2. The molecule has 0 spiro atoms. The van der Waals surface area contributed by atoms with Crippen LogP contribution in [0.4, 0.5) is 0 Å². The fourth-order valence-electron chi connectivity index (χ4n) is 3.25. The van der Waals surface area contributed by atoms with Crippen molar-refractivity contribution in [2.24, 2.45) is 0 Å². The van der Waals surface area contributed by atoms with E-state index in [4.69, 9.17) is 11.6 Å². The predicted molar refractivity (Wildman–Crippen MR) is 101 cm³/mol. The summed E-state index contributed by atoms with van der Waals surface area (Å²) in [6.07, 6.45) is 9.14. The molecule has 2 rings (SSSR count). The first kappa shape index (κ1) is 20.2. The van der Waals surface area contributed by atoms with E-state index in [0.717, 1.165) is 37.5 Å². The molecule has 1 atom stereocenters. The van der Waals surface area contributed by atoms with Crippen molar-refractivity contribution in [3.8, 4) is 0 Å². The number of amides is 1. The average molecular weight is 387 g/mol. The smallest absolute Gasteiger partial charge is 0.222 e. The van der Waals surface area contributed by atoms with Crippen LogP contribution in [0.15, 0.2) is 24.3 Å². The largest absolute Gasteiger partial charge is 0.353 e. The lowest BCUT2D eigenvalue weighted by atomic mass is 9.96. The van der Waals surface area contributed by atoms with Crippen LogP contribution in [0.3, 0.4) is 0 Å². The maximum Gasteiger partial charge on any atom is 0.222 e. The zero-order valence-electron chi connectivity index (χ0n) is 14.6. The second-order valence-corrected chi connectivity index (χ2v) is 9.02. The van der Waals surface area contributed by atoms with E-state index in [1.165, 1.54) is 19.3 Å². The van der Waals surface area contributed by atoms with Gasteiger partial charge < -0.3 is 5.32 Å². The average Bonchev–Trinajstić information content (AvgIpc) is 2.48. The summed E-state index contributed by atoms with van der Waals surface area (Å²) in [7, 11) is -3.43. The van der Waals surface area contributed by atoms with Gasteiger partial charge >= 0.3 is 0 Å². The van der Waals surface area contributed by atoms with Crippen molar-refractivity contribution in [2.45, 2.75) is 63.5 Å². The van der Waals surface area contributed by atoms with Gasteiger partial charge in [-0.05, 0) is 30.5 Å². The molecule has 1 aliphatic rings. The molecule has 1 aliphatic carbocycles. The number of hydrogen-bond acceptors (Lipinski definition) is 3. The van der Waals surface area contributed by atoms with E-state index in [1.54, 1.807) is 24.3 Å².